The molecule has 0 aliphatic rings. The average molecular weight is 332 g/mol. The molecule has 0 bridgehead atoms. The molecule has 0 N–H and O–H groups in total. The molecule has 8 heteroatoms. The zero-order valence-corrected chi connectivity index (χ0v) is 12.6. The normalized spacial score (nSPS) is 10.5. The first-order valence-corrected chi connectivity index (χ1v) is 6.89. The van der Waals surface area contributed by atoms with E-state index in [1.54, 1.807) is 12.1 Å². The van der Waals surface area contributed by atoms with Gasteiger partial charge in [-0.1, -0.05) is 28.9 Å². The highest BCUT2D eigenvalue weighted by molar-refractivity contribution is 6.33. The molecule has 0 radical (unpaired) electrons. The molecule has 1 heterocycles. The van der Waals surface area contributed by atoms with E-state index in [-0.39, 0.29) is 16.6 Å². The van der Waals surface area contributed by atoms with Crippen LogP contribution in [0.25, 0.3) is 22.8 Å². The van der Waals surface area contributed by atoms with Crippen LogP contribution in [0.15, 0.2) is 47.0 Å². The fraction of sp³-hybridized carbons (Fsp3) is 0.0667. The van der Waals surface area contributed by atoms with Crippen LogP contribution in [-0.2, 0) is 0 Å². The van der Waals surface area contributed by atoms with Crippen molar-refractivity contribution in [1.82, 2.24) is 10.1 Å². The Kier molecular flexibility index (Phi) is 3.94. The molecule has 3 rings (SSSR count). The van der Waals surface area contributed by atoms with Gasteiger partial charge in [-0.3, -0.25) is 10.1 Å². The van der Waals surface area contributed by atoms with Crippen LogP contribution >= 0.6 is 11.6 Å². The summed E-state index contributed by atoms with van der Waals surface area (Å²) in [6.07, 6.45) is 0. The topological polar surface area (TPSA) is 91.3 Å². The summed E-state index contributed by atoms with van der Waals surface area (Å²) in [6, 6.07) is 11.2. The fourth-order valence-electron chi connectivity index (χ4n) is 2.06. The monoisotopic (exact) mass is 331 g/mol. The number of nitro benzene ring substituents is 1. The Morgan fingerprint density at radius 1 is 1.22 bits per heavy atom. The van der Waals surface area contributed by atoms with Gasteiger partial charge < -0.3 is 9.26 Å². The van der Waals surface area contributed by atoms with Crippen molar-refractivity contribution >= 4 is 17.3 Å². The molecule has 116 valence electrons. The zero-order valence-electron chi connectivity index (χ0n) is 11.9. The summed E-state index contributed by atoms with van der Waals surface area (Å²) < 4.78 is 10.4. The Balaban J connectivity index is 2.06. The van der Waals surface area contributed by atoms with Crippen LogP contribution in [-0.4, -0.2) is 22.2 Å². The molecule has 0 atom stereocenters. The number of benzene rings is 2. The van der Waals surface area contributed by atoms with Gasteiger partial charge in [-0.25, -0.2) is 0 Å². The molecule has 23 heavy (non-hydrogen) atoms. The van der Waals surface area contributed by atoms with Gasteiger partial charge in [-0.15, -0.1) is 0 Å². The number of halogens is 1. The Labute approximate surface area is 135 Å². The fourth-order valence-corrected chi connectivity index (χ4v) is 2.26. The zero-order chi connectivity index (χ0) is 16.4. The van der Waals surface area contributed by atoms with Crippen LogP contribution in [0.1, 0.15) is 0 Å². The number of para-hydroxylation sites is 1. The number of hydrogen-bond acceptors (Lipinski definition) is 6. The van der Waals surface area contributed by atoms with E-state index in [0.717, 1.165) is 0 Å². The van der Waals surface area contributed by atoms with Gasteiger partial charge in [0.1, 0.15) is 5.75 Å². The second-order valence-corrected chi connectivity index (χ2v) is 4.95. The van der Waals surface area contributed by atoms with Gasteiger partial charge in [0.05, 0.1) is 28.2 Å². The molecule has 7 nitrogen and oxygen atoms in total. The first kappa shape index (κ1) is 15.0. The summed E-state index contributed by atoms with van der Waals surface area (Å²) in [5, 5.41) is 15.1. The van der Waals surface area contributed by atoms with Crippen molar-refractivity contribution in [2.24, 2.45) is 0 Å². The third kappa shape index (κ3) is 2.86. The number of non-ortho nitro benzene ring substituents is 1. The second-order valence-electron chi connectivity index (χ2n) is 4.54. The first-order valence-electron chi connectivity index (χ1n) is 6.51. The van der Waals surface area contributed by atoms with Crippen LogP contribution in [0.2, 0.25) is 5.02 Å². The highest BCUT2D eigenvalue weighted by Crippen LogP contribution is 2.33. The van der Waals surface area contributed by atoms with Gasteiger partial charge in [0, 0.05) is 12.1 Å². The van der Waals surface area contributed by atoms with Gasteiger partial charge in [-0.2, -0.15) is 4.98 Å². The molecule has 3 aromatic rings. The third-order valence-corrected chi connectivity index (χ3v) is 3.49. The molecular weight excluding hydrogens is 322 g/mol. The summed E-state index contributed by atoms with van der Waals surface area (Å²) in [6.45, 7) is 0. The number of hydrogen-bond donors (Lipinski definition) is 0. The lowest BCUT2D eigenvalue weighted by Gasteiger charge is -2.03. The van der Waals surface area contributed by atoms with E-state index < -0.39 is 4.92 Å². The van der Waals surface area contributed by atoms with Crippen molar-refractivity contribution in [2.75, 3.05) is 7.11 Å². The summed E-state index contributed by atoms with van der Waals surface area (Å²) >= 11 is 6.07. The maximum Gasteiger partial charge on any atom is 0.270 e. The van der Waals surface area contributed by atoms with Gasteiger partial charge in [-0.05, 0) is 18.2 Å². The van der Waals surface area contributed by atoms with E-state index in [1.807, 2.05) is 12.1 Å². The number of methoxy groups -OCH3 is 1. The lowest BCUT2D eigenvalue weighted by molar-refractivity contribution is -0.384. The number of nitro groups is 1. The van der Waals surface area contributed by atoms with Crippen LogP contribution in [0.4, 0.5) is 5.69 Å². The second kappa shape index (κ2) is 6.05. The van der Waals surface area contributed by atoms with E-state index in [9.17, 15) is 10.1 Å². The SMILES string of the molecule is COc1ccccc1-c1noc(-c2cc([N+](=O)[O-])ccc2Cl)n1. The van der Waals surface area contributed by atoms with Gasteiger partial charge in [0.25, 0.3) is 11.6 Å². The Morgan fingerprint density at radius 3 is 2.74 bits per heavy atom. The van der Waals surface area contributed by atoms with Crippen LogP contribution in [0, 0.1) is 10.1 Å². The molecule has 0 amide bonds. The van der Waals surface area contributed by atoms with Crippen molar-refractivity contribution in [3.63, 3.8) is 0 Å². The Hall–Kier alpha value is -2.93. The molecule has 0 saturated carbocycles. The molecule has 0 unspecified atom stereocenters. The molecule has 0 aliphatic heterocycles. The number of ether oxygens (including phenoxy) is 1. The maximum absolute atomic E-state index is 10.9. The van der Waals surface area contributed by atoms with Crippen molar-refractivity contribution in [3.8, 4) is 28.6 Å². The van der Waals surface area contributed by atoms with Gasteiger partial charge in [0.2, 0.25) is 5.82 Å². The molecule has 0 aliphatic carbocycles. The van der Waals surface area contributed by atoms with E-state index in [0.29, 0.717) is 22.7 Å². The van der Waals surface area contributed by atoms with Crippen molar-refractivity contribution in [1.29, 1.82) is 0 Å². The van der Waals surface area contributed by atoms with Crippen LogP contribution in [0.3, 0.4) is 0 Å². The smallest absolute Gasteiger partial charge is 0.270 e. The molecule has 2 aromatic carbocycles. The van der Waals surface area contributed by atoms with Crippen LogP contribution < -0.4 is 4.74 Å². The quantitative estimate of drug-likeness (QED) is 0.530. The highest BCUT2D eigenvalue weighted by atomic mass is 35.5. The van der Waals surface area contributed by atoms with E-state index >= 15 is 0 Å². The van der Waals surface area contributed by atoms with Crippen molar-refractivity contribution < 1.29 is 14.2 Å². The average Bonchev–Trinajstić information content (AvgIpc) is 3.04. The summed E-state index contributed by atoms with van der Waals surface area (Å²) in [4.78, 5) is 14.6. The lowest BCUT2D eigenvalue weighted by atomic mass is 10.2. The van der Waals surface area contributed by atoms with Gasteiger partial charge >= 0.3 is 0 Å². The third-order valence-electron chi connectivity index (χ3n) is 3.17. The highest BCUT2D eigenvalue weighted by Gasteiger charge is 2.18. The number of nitrogens with zero attached hydrogens (tertiary/aromatic N) is 3. The molecule has 0 fully saturated rings. The molecule has 0 spiro atoms. The minimum atomic E-state index is -0.517. The van der Waals surface area contributed by atoms with E-state index in [4.69, 9.17) is 20.9 Å². The number of aromatic nitrogens is 2. The van der Waals surface area contributed by atoms with Crippen LogP contribution in [0.5, 0.6) is 5.75 Å². The van der Waals surface area contributed by atoms with E-state index in [2.05, 4.69) is 10.1 Å². The van der Waals surface area contributed by atoms with Gasteiger partial charge in [0.15, 0.2) is 0 Å². The largest absolute Gasteiger partial charge is 0.496 e. The minimum absolute atomic E-state index is 0.0969. The summed E-state index contributed by atoms with van der Waals surface area (Å²) in [7, 11) is 1.54. The lowest BCUT2D eigenvalue weighted by Crippen LogP contribution is -1.90. The van der Waals surface area contributed by atoms with Crippen molar-refractivity contribution in [3.05, 3.63) is 57.6 Å². The predicted octanol–water partition coefficient (Wildman–Crippen LogP) is 3.97. The Morgan fingerprint density at radius 2 is 2.00 bits per heavy atom. The molecule has 0 saturated heterocycles. The maximum atomic E-state index is 10.9. The molecule has 1 aromatic heterocycles. The van der Waals surface area contributed by atoms with E-state index in [1.165, 1.54) is 25.3 Å². The number of rotatable bonds is 4. The first-order chi connectivity index (χ1) is 11.1. The molecular formula is C15H10ClN3O4. The Bertz CT molecular complexity index is 879. The van der Waals surface area contributed by atoms with Crippen molar-refractivity contribution in [2.45, 2.75) is 0 Å². The minimum Gasteiger partial charge on any atom is -0.496 e. The predicted molar refractivity (Wildman–Crippen MR) is 83.4 cm³/mol. The standard InChI is InChI=1S/C15H10ClN3O4/c1-22-13-5-3-2-4-10(13)14-17-15(23-18-14)11-8-9(19(20)21)6-7-12(11)16/h2-8H,1H3. The summed E-state index contributed by atoms with van der Waals surface area (Å²) in [5.41, 5.74) is 0.836. The summed E-state index contributed by atoms with van der Waals surface area (Å²) in [5.74, 6) is 0.990.